The highest BCUT2D eigenvalue weighted by Crippen LogP contribution is 2.40. The normalized spacial score (nSPS) is 17.3. The highest BCUT2D eigenvalue weighted by molar-refractivity contribution is 8.02. The second-order valence-corrected chi connectivity index (χ2v) is 9.21. The number of ether oxygens (including phenoxy) is 2. The monoisotopic (exact) mass is 428 g/mol. The summed E-state index contributed by atoms with van der Waals surface area (Å²) in [5.41, 5.74) is 1.89. The van der Waals surface area contributed by atoms with Gasteiger partial charge in [0.05, 0.1) is 22.9 Å². The predicted molar refractivity (Wildman–Crippen MR) is 118 cm³/mol. The second-order valence-electron chi connectivity index (χ2n) is 6.83. The molecule has 2 atom stereocenters. The molecule has 7 heteroatoms. The molecule has 2 aromatic carbocycles. The summed E-state index contributed by atoms with van der Waals surface area (Å²) in [6, 6.07) is 15.8. The first-order valence-corrected chi connectivity index (χ1v) is 11.6. The second kappa shape index (κ2) is 9.61. The summed E-state index contributed by atoms with van der Waals surface area (Å²) in [6.07, 6.45) is 2.19. The van der Waals surface area contributed by atoms with E-state index in [1.165, 1.54) is 11.8 Å². The van der Waals surface area contributed by atoms with Gasteiger partial charge in [-0.05, 0) is 43.5 Å². The van der Waals surface area contributed by atoms with Crippen molar-refractivity contribution in [1.82, 2.24) is 10.3 Å². The fourth-order valence-electron chi connectivity index (χ4n) is 3.30. The molecule has 1 aromatic heterocycles. The van der Waals surface area contributed by atoms with Gasteiger partial charge < -0.3 is 14.8 Å². The number of fused-ring (bicyclic) bond motifs is 1. The number of thiazole rings is 1. The van der Waals surface area contributed by atoms with Crippen molar-refractivity contribution < 1.29 is 14.3 Å². The van der Waals surface area contributed by atoms with Gasteiger partial charge in [-0.25, -0.2) is 4.98 Å². The van der Waals surface area contributed by atoms with Crippen molar-refractivity contribution in [2.75, 3.05) is 19.8 Å². The van der Waals surface area contributed by atoms with Gasteiger partial charge in [-0.1, -0.05) is 42.1 Å². The van der Waals surface area contributed by atoms with Crippen LogP contribution in [0.15, 0.2) is 52.9 Å². The lowest BCUT2D eigenvalue weighted by molar-refractivity contribution is -0.121. The third kappa shape index (κ3) is 5.10. The van der Waals surface area contributed by atoms with Gasteiger partial charge in [0, 0.05) is 13.2 Å². The van der Waals surface area contributed by atoms with Crippen LogP contribution < -0.4 is 10.1 Å². The minimum absolute atomic E-state index is 0.00837. The summed E-state index contributed by atoms with van der Waals surface area (Å²) in [6.45, 7) is 3.94. The third-order valence-electron chi connectivity index (χ3n) is 4.74. The number of amides is 1. The Balaban J connectivity index is 1.53. The lowest BCUT2D eigenvalue weighted by Crippen LogP contribution is -2.34. The standard InChI is InChI=1S/C22H24N2O3S2/c1-2-26-16-10-11-18-19(13-16)28-22(24-18)29-20(15-7-4-3-5-8-15)21(25)23-14-17-9-6-12-27-17/h3-5,7-8,10-11,13,17,20H,2,6,9,12,14H2,1H3,(H,23,25)/t17-,20+/m1/s1. The summed E-state index contributed by atoms with van der Waals surface area (Å²) in [5, 5.41) is 2.72. The molecule has 3 aromatic rings. The number of nitrogens with zero attached hydrogens (tertiary/aromatic N) is 1. The highest BCUT2D eigenvalue weighted by Gasteiger charge is 2.25. The fourth-order valence-corrected chi connectivity index (χ4v) is 5.62. The van der Waals surface area contributed by atoms with Crippen LogP contribution in [0.25, 0.3) is 10.2 Å². The average molecular weight is 429 g/mol. The smallest absolute Gasteiger partial charge is 0.238 e. The van der Waals surface area contributed by atoms with E-state index in [-0.39, 0.29) is 17.3 Å². The Morgan fingerprint density at radius 3 is 2.97 bits per heavy atom. The first kappa shape index (κ1) is 20.2. The molecule has 0 bridgehead atoms. The SMILES string of the molecule is CCOc1ccc2nc(S[C@H](C(=O)NC[C@H]3CCCO3)c3ccccc3)sc2c1. The minimum Gasteiger partial charge on any atom is -0.494 e. The predicted octanol–water partition coefficient (Wildman–Crippen LogP) is 4.82. The van der Waals surface area contributed by atoms with Crippen LogP contribution >= 0.6 is 23.1 Å². The van der Waals surface area contributed by atoms with E-state index in [9.17, 15) is 4.79 Å². The summed E-state index contributed by atoms with van der Waals surface area (Å²) in [4.78, 5) is 17.7. The lowest BCUT2D eigenvalue weighted by atomic mass is 10.1. The van der Waals surface area contributed by atoms with Crippen molar-refractivity contribution in [3.8, 4) is 5.75 Å². The number of rotatable bonds is 8. The number of aromatic nitrogens is 1. The zero-order valence-electron chi connectivity index (χ0n) is 16.3. The molecule has 5 nitrogen and oxygen atoms in total. The van der Waals surface area contributed by atoms with Crippen LogP contribution in [0.4, 0.5) is 0 Å². The van der Waals surface area contributed by atoms with Crippen LogP contribution in [0.1, 0.15) is 30.6 Å². The van der Waals surface area contributed by atoms with Gasteiger partial charge in [-0.3, -0.25) is 4.79 Å². The van der Waals surface area contributed by atoms with Gasteiger partial charge in [0.1, 0.15) is 11.0 Å². The maximum Gasteiger partial charge on any atom is 0.238 e. The van der Waals surface area contributed by atoms with Crippen molar-refractivity contribution in [1.29, 1.82) is 0 Å². The van der Waals surface area contributed by atoms with Crippen LogP contribution in [0.3, 0.4) is 0 Å². The van der Waals surface area contributed by atoms with Gasteiger partial charge in [-0.15, -0.1) is 11.3 Å². The van der Waals surface area contributed by atoms with Crippen LogP contribution in [0.5, 0.6) is 5.75 Å². The van der Waals surface area contributed by atoms with Crippen molar-refractivity contribution >= 4 is 39.2 Å². The Hall–Kier alpha value is -2.09. The zero-order valence-corrected chi connectivity index (χ0v) is 17.9. The van der Waals surface area contributed by atoms with Gasteiger partial charge in [0.15, 0.2) is 4.34 Å². The first-order chi connectivity index (χ1) is 14.2. The Kier molecular flexibility index (Phi) is 6.69. The molecule has 1 saturated heterocycles. The summed E-state index contributed by atoms with van der Waals surface area (Å²) < 4.78 is 13.2. The summed E-state index contributed by atoms with van der Waals surface area (Å²) >= 11 is 3.08. The molecule has 1 N–H and O–H groups in total. The molecule has 0 spiro atoms. The maximum atomic E-state index is 13.0. The molecular formula is C22H24N2O3S2. The number of carbonyl (C=O) groups is 1. The summed E-state index contributed by atoms with van der Waals surface area (Å²) in [7, 11) is 0. The molecule has 0 aliphatic carbocycles. The van der Waals surface area contributed by atoms with Crippen LogP contribution in [-0.4, -0.2) is 36.8 Å². The molecule has 2 heterocycles. The number of nitrogens with one attached hydrogen (secondary N) is 1. The quantitative estimate of drug-likeness (QED) is 0.521. The van der Waals surface area contributed by atoms with Gasteiger partial charge in [0.2, 0.25) is 5.91 Å². The van der Waals surface area contributed by atoms with Crippen molar-refractivity contribution in [3.63, 3.8) is 0 Å². The van der Waals surface area contributed by atoms with Gasteiger partial charge >= 0.3 is 0 Å². The van der Waals surface area contributed by atoms with Gasteiger partial charge in [0.25, 0.3) is 0 Å². The molecular weight excluding hydrogens is 404 g/mol. The molecule has 152 valence electrons. The Labute approximate surface area is 178 Å². The van der Waals surface area contributed by atoms with Crippen molar-refractivity contribution in [2.24, 2.45) is 0 Å². The van der Waals surface area contributed by atoms with E-state index >= 15 is 0 Å². The molecule has 0 unspecified atom stereocenters. The van der Waals surface area contributed by atoms with E-state index in [1.54, 1.807) is 11.3 Å². The average Bonchev–Trinajstić information content (AvgIpc) is 3.40. The highest BCUT2D eigenvalue weighted by atomic mass is 32.2. The molecule has 0 saturated carbocycles. The maximum absolute atomic E-state index is 13.0. The fraction of sp³-hybridized carbons (Fsp3) is 0.364. The third-order valence-corrected chi connectivity index (χ3v) is 7.10. The zero-order chi connectivity index (χ0) is 20.1. The molecule has 0 radical (unpaired) electrons. The van der Waals surface area contributed by atoms with E-state index in [0.717, 1.165) is 45.3 Å². The molecule has 1 aliphatic rings. The molecule has 4 rings (SSSR count). The van der Waals surface area contributed by atoms with E-state index in [0.29, 0.717) is 13.2 Å². The number of thioether (sulfide) groups is 1. The molecule has 1 fully saturated rings. The first-order valence-electron chi connectivity index (χ1n) is 9.87. The molecule has 29 heavy (non-hydrogen) atoms. The lowest BCUT2D eigenvalue weighted by Gasteiger charge is -2.17. The number of carbonyl (C=O) groups excluding carboxylic acids is 1. The number of hydrogen-bond donors (Lipinski definition) is 1. The van der Waals surface area contributed by atoms with E-state index in [1.807, 2.05) is 55.5 Å². The van der Waals surface area contributed by atoms with Gasteiger partial charge in [-0.2, -0.15) is 0 Å². The van der Waals surface area contributed by atoms with Crippen molar-refractivity contribution in [3.05, 3.63) is 54.1 Å². The Bertz CT molecular complexity index is 955. The van der Waals surface area contributed by atoms with E-state index in [4.69, 9.17) is 14.5 Å². The molecule has 1 aliphatic heterocycles. The minimum atomic E-state index is -0.357. The topological polar surface area (TPSA) is 60.5 Å². The van der Waals surface area contributed by atoms with E-state index < -0.39 is 0 Å². The Morgan fingerprint density at radius 1 is 1.34 bits per heavy atom. The number of hydrogen-bond acceptors (Lipinski definition) is 6. The van der Waals surface area contributed by atoms with Crippen LogP contribution in [0.2, 0.25) is 0 Å². The Morgan fingerprint density at radius 2 is 2.21 bits per heavy atom. The molecule has 1 amide bonds. The summed E-state index contributed by atoms with van der Waals surface area (Å²) in [5.74, 6) is 0.833. The van der Waals surface area contributed by atoms with Crippen LogP contribution in [0, 0.1) is 0 Å². The van der Waals surface area contributed by atoms with Crippen LogP contribution in [-0.2, 0) is 9.53 Å². The van der Waals surface area contributed by atoms with E-state index in [2.05, 4.69) is 5.32 Å². The number of benzene rings is 2. The largest absolute Gasteiger partial charge is 0.494 e. The van der Waals surface area contributed by atoms with Crippen molar-refractivity contribution in [2.45, 2.75) is 35.5 Å².